The van der Waals surface area contributed by atoms with Crippen molar-refractivity contribution in [3.8, 4) is 11.5 Å². The van der Waals surface area contributed by atoms with Crippen LogP contribution in [0.1, 0.15) is 13.8 Å². The van der Waals surface area contributed by atoms with Crippen molar-refractivity contribution < 1.29 is 4.92 Å². The number of hydrogen-bond donors (Lipinski definition) is 2. The summed E-state index contributed by atoms with van der Waals surface area (Å²) >= 11 is 0. The van der Waals surface area contributed by atoms with Gasteiger partial charge in [-0.25, -0.2) is 4.98 Å². The molecule has 0 unspecified atom stereocenters. The molecule has 2 aromatic heterocycles. The minimum absolute atomic E-state index is 0.0316. The maximum absolute atomic E-state index is 11.1. The molecule has 2 N–H and O–H groups in total. The summed E-state index contributed by atoms with van der Waals surface area (Å²) in [5.74, 6) is 0.596. The van der Waals surface area contributed by atoms with Gasteiger partial charge in [0.05, 0.1) is 21.5 Å². The topological polar surface area (TPSA) is 107 Å². The zero-order chi connectivity index (χ0) is 20.8. The summed E-state index contributed by atoms with van der Waals surface area (Å²) < 4.78 is 0. The Morgan fingerprint density at radius 1 is 1.07 bits per heavy atom. The highest BCUT2D eigenvalue weighted by Gasteiger charge is 2.20. The number of nitro benzene ring substituents is 1. The number of nitrogens with one attached hydrogen (secondary N) is 2. The van der Waals surface area contributed by atoms with E-state index >= 15 is 0 Å². The van der Waals surface area contributed by atoms with E-state index in [0.717, 1.165) is 42.7 Å². The molecular weight excluding hydrogens is 382 g/mol. The normalized spacial score (nSPS) is 15.5. The van der Waals surface area contributed by atoms with Crippen LogP contribution in [0, 0.1) is 10.1 Å². The zero-order valence-electron chi connectivity index (χ0n) is 16.9. The molecule has 154 valence electrons. The molecule has 0 saturated carbocycles. The fourth-order valence-corrected chi connectivity index (χ4v) is 4.10. The Bertz CT molecular complexity index is 1230. The van der Waals surface area contributed by atoms with Crippen LogP contribution >= 0.6 is 0 Å². The number of anilines is 1. The van der Waals surface area contributed by atoms with Crippen molar-refractivity contribution in [1.29, 1.82) is 0 Å². The van der Waals surface area contributed by atoms with Crippen LogP contribution in [-0.2, 0) is 0 Å². The Kier molecular flexibility index (Phi) is 4.39. The average Bonchev–Trinajstić information content (AvgIpc) is 3.36. The second-order valence-corrected chi connectivity index (χ2v) is 7.96. The number of nitrogens with zero attached hydrogens (tertiary/aromatic N) is 5. The Morgan fingerprint density at radius 2 is 1.87 bits per heavy atom. The smallest absolute Gasteiger partial charge is 0.270 e. The van der Waals surface area contributed by atoms with Gasteiger partial charge in [-0.1, -0.05) is 0 Å². The number of nitro groups is 1. The van der Waals surface area contributed by atoms with Crippen molar-refractivity contribution in [2.24, 2.45) is 0 Å². The molecule has 1 aliphatic rings. The van der Waals surface area contributed by atoms with Crippen molar-refractivity contribution in [3.63, 3.8) is 0 Å². The third kappa shape index (κ3) is 3.17. The van der Waals surface area contributed by atoms with Crippen molar-refractivity contribution >= 4 is 33.3 Å². The van der Waals surface area contributed by atoms with Gasteiger partial charge in [-0.3, -0.25) is 20.1 Å². The fraction of sp³-hybridized carbons (Fsp3) is 0.333. The third-order valence-corrected chi connectivity index (χ3v) is 5.86. The molecule has 1 fully saturated rings. The first-order valence-corrected chi connectivity index (χ1v) is 10.1. The minimum atomic E-state index is -0.403. The number of piperazine rings is 1. The van der Waals surface area contributed by atoms with E-state index in [2.05, 4.69) is 55.9 Å². The van der Waals surface area contributed by atoms with Crippen molar-refractivity contribution in [3.05, 3.63) is 46.5 Å². The molecule has 9 nitrogen and oxygen atoms in total. The number of H-pyrrole nitrogens is 2. The van der Waals surface area contributed by atoms with Crippen LogP contribution in [0.5, 0.6) is 0 Å². The molecule has 9 heteroatoms. The molecule has 1 saturated heterocycles. The molecule has 1 aliphatic heterocycles. The average molecular weight is 405 g/mol. The molecule has 3 heterocycles. The van der Waals surface area contributed by atoms with Gasteiger partial charge in [0.25, 0.3) is 5.69 Å². The first-order valence-electron chi connectivity index (χ1n) is 10.1. The lowest BCUT2D eigenvalue weighted by Gasteiger charge is -2.38. The Hall–Kier alpha value is -3.46. The van der Waals surface area contributed by atoms with Gasteiger partial charge in [0.1, 0.15) is 5.69 Å². The van der Waals surface area contributed by atoms with E-state index in [0.29, 0.717) is 22.9 Å². The standard InChI is InChI=1S/C21H23N7O2/c1-13(2)26-7-9-27(10-8-26)14-3-6-18-19(12-14)23-21(22-18)20-16-11-15(28(29)30)4-5-17(16)24-25-20/h3-6,11-13H,7-10H2,1-2H3,(H,22,23)(H,24,25). The van der Waals surface area contributed by atoms with Gasteiger partial charge in [0, 0.05) is 55.4 Å². The van der Waals surface area contributed by atoms with E-state index < -0.39 is 4.92 Å². The van der Waals surface area contributed by atoms with Gasteiger partial charge < -0.3 is 9.88 Å². The predicted octanol–water partition coefficient (Wildman–Crippen LogP) is 3.54. The van der Waals surface area contributed by atoms with Gasteiger partial charge in [-0.2, -0.15) is 5.10 Å². The van der Waals surface area contributed by atoms with Gasteiger partial charge in [-0.05, 0) is 38.1 Å². The molecule has 0 radical (unpaired) electrons. The van der Waals surface area contributed by atoms with Gasteiger partial charge in [0.15, 0.2) is 5.82 Å². The molecule has 0 aliphatic carbocycles. The first-order chi connectivity index (χ1) is 14.5. The SMILES string of the molecule is CC(C)N1CCN(c2ccc3nc(-c4n[nH]c5ccc([N+](=O)[O-])cc45)[nH]c3c2)CC1. The van der Waals surface area contributed by atoms with Crippen LogP contribution in [0.3, 0.4) is 0 Å². The van der Waals surface area contributed by atoms with Crippen LogP contribution in [0.15, 0.2) is 36.4 Å². The molecular formula is C21H23N7O2. The second kappa shape index (κ2) is 7.10. The van der Waals surface area contributed by atoms with Crippen molar-refractivity contribution in [2.45, 2.75) is 19.9 Å². The van der Waals surface area contributed by atoms with E-state index in [1.807, 2.05) is 6.07 Å². The van der Waals surface area contributed by atoms with Gasteiger partial charge >= 0.3 is 0 Å². The number of benzene rings is 2. The number of fused-ring (bicyclic) bond motifs is 2. The summed E-state index contributed by atoms with van der Waals surface area (Å²) in [6, 6.07) is 11.5. The van der Waals surface area contributed by atoms with Gasteiger partial charge in [-0.15, -0.1) is 0 Å². The fourth-order valence-electron chi connectivity index (χ4n) is 4.10. The summed E-state index contributed by atoms with van der Waals surface area (Å²) in [6.07, 6.45) is 0. The van der Waals surface area contributed by atoms with Crippen LogP contribution < -0.4 is 4.90 Å². The van der Waals surface area contributed by atoms with E-state index in [4.69, 9.17) is 0 Å². The molecule has 30 heavy (non-hydrogen) atoms. The quantitative estimate of drug-likeness (QED) is 0.397. The number of non-ortho nitro benzene ring substituents is 1. The van der Waals surface area contributed by atoms with E-state index in [-0.39, 0.29) is 5.69 Å². The number of aromatic amines is 2. The number of rotatable bonds is 4. The van der Waals surface area contributed by atoms with Crippen LogP contribution in [0.4, 0.5) is 11.4 Å². The maximum Gasteiger partial charge on any atom is 0.270 e. The third-order valence-electron chi connectivity index (χ3n) is 5.86. The van der Waals surface area contributed by atoms with Crippen LogP contribution in [0.25, 0.3) is 33.5 Å². The van der Waals surface area contributed by atoms with Crippen molar-refractivity contribution in [2.75, 3.05) is 31.1 Å². The van der Waals surface area contributed by atoms with Crippen LogP contribution in [-0.4, -0.2) is 62.2 Å². The van der Waals surface area contributed by atoms with Crippen molar-refractivity contribution in [1.82, 2.24) is 25.1 Å². The lowest BCUT2D eigenvalue weighted by atomic mass is 10.2. The molecule has 0 spiro atoms. The number of imidazole rings is 1. The highest BCUT2D eigenvalue weighted by molar-refractivity contribution is 5.94. The Labute approximate surface area is 172 Å². The molecule has 0 amide bonds. The summed E-state index contributed by atoms with van der Waals surface area (Å²) in [7, 11) is 0. The predicted molar refractivity (Wildman–Crippen MR) is 117 cm³/mol. The van der Waals surface area contributed by atoms with Crippen LogP contribution in [0.2, 0.25) is 0 Å². The molecule has 0 atom stereocenters. The Morgan fingerprint density at radius 3 is 2.60 bits per heavy atom. The summed E-state index contributed by atoms with van der Waals surface area (Å²) in [4.78, 5) is 23.6. The number of aromatic nitrogens is 4. The largest absolute Gasteiger partial charge is 0.369 e. The molecule has 2 aromatic carbocycles. The van der Waals surface area contributed by atoms with Gasteiger partial charge in [0.2, 0.25) is 0 Å². The lowest BCUT2D eigenvalue weighted by Crippen LogP contribution is -2.48. The highest BCUT2D eigenvalue weighted by atomic mass is 16.6. The summed E-state index contributed by atoms with van der Waals surface area (Å²) in [6.45, 7) is 8.59. The maximum atomic E-state index is 11.1. The minimum Gasteiger partial charge on any atom is -0.369 e. The molecule has 4 aromatic rings. The number of hydrogen-bond acceptors (Lipinski definition) is 6. The first kappa shape index (κ1) is 18.6. The highest BCUT2D eigenvalue weighted by Crippen LogP contribution is 2.30. The van der Waals surface area contributed by atoms with E-state index in [1.165, 1.54) is 17.8 Å². The molecule has 0 bridgehead atoms. The van der Waals surface area contributed by atoms with E-state index in [9.17, 15) is 10.1 Å². The molecule has 5 rings (SSSR count). The monoisotopic (exact) mass is 405 g/mol. The summed E-state index contributed by atoms with van der Waals surface area (Å²) in [5, 5.41) is 19.1. The second-order valence-electron chi connectivity index (χ2n) is 7.96. The Balaban J connectivity index is 1.47. The summed E-state index contributed by atoms with van der Waals surface area (Å²) in [5.41, 5.74) is 4.29. The lowest BCUT2D eigenvalue weighted by molar-refractivity contribution is -0.384. The van der Waals surface area contributed by atoms with E-state index in [1.54, 1.807) is 6.07 Å². The zero-order valence-corrected chi connectivity index (χ0v) is 16.9.